The fourth-order valence-corrected chi connectivity index (χ4v) is 5.82. The van der Waals surface area contributed by atoms with E-state index < -0.39 is 0 Å². The minimum Gasteiger partial charge on any atom is -0.369 e. The Bertz CT molecular complexity index is 1050. The van der Waals surface area contributed by atoms with E-state index in [1.165, 1.54) is 15.8 Å². The normalized spacial score (nSPS) is 19.7. The third kappa shape index (κ3) is 5.31. The first kappa shape index (κ1) is 22.2. The van der Waals surface area contributed by atoms with Crippen molar-refractivity contribution in [2.75, 3.05) is 62.2 Å². The first-order valence-electron chi connectivity index (χ1n) is 12.1. The fourth-order valence-electron chi connectivity index (χ4n) is 5.04. The summed E-state index contributed by atoms with van der Waals surface area (Å²) in [7, 11) is 0. The minimum atomic E-state index is 0.0452. The summed E-state index contributed by atoms with van der Waals surface area (Å²) in [6.07, 6.45) is 4.89. The zero-order valence-electron chi connectivity index (χ0n) is 19.2. The lowest BCUT2D eigenvalue weighted by atomic mass is 9.97. The molecule has 0 spiro atoms. The van der Waals surface area contributed by atoms with Crippen LogP contribution in [0.3, 0.4) is 0 Å². The Morgan fingerprint density at radius 3 is 2.73 bits per heavy atom. The van der Waals surface area contributed by atoms with Gasteiger partial charge >= 0.3 is 0 Å². The second-order valence-corrected chi connectivity index (χ2v) is 10.0. The number of rotatable bonds is 7. The van der Waals surface area contributed by atoms with E-state index in [0.717, 1.165) is 77.4 Å². The second kappa shape index (κ2) is 10.5. The molecular weight excluding hydrogens is 430 g/mol. The van der Waals surface area contributed by atoms with Crippen molar-refractivity contribution in [3.63, 3.8) is 0 Å². The van der Waals surface area contributed by atoms with E-state index in [1.54, 1.807) is 11.3 Å². The highest BCUT2D eigenvalue weighted by molar-refractivity contribution is 7.17. The van der Waals surface area contributed by atoms with Gasteiger partial charge in [0.25, 0.3) is 0 Å². The number of aromatic nitrogens is 1. The van der Waals surface area contributed by atoms with Crippen LogP contribution in [0.4, 0.5) is 11.5 Å². The number of pyridine rings is 1. The first-order valence-corrected chi connectivity index (χ1v) is 13.0. The van der Waals surface area contributed by atoms with Crippen LogP contribution >= 0.6 is 11.3 Å². The van der Waals surface area contributed by atoms with Gasteiger partial charge in [-0.25, -0.2) is 4.98 Å². The largest absolute Gasteiger partial charge is 0.369 e. The lowest BCUT2D eigenvalue weighted by Crippen LogP contribution is -2.47. The van der Waals surface area contributed by atoms with Gasteiger partial charge in [-0.05, 0) is 55.5 Å². The van der Waals surface area contributed by atoms with Gasteiger partial charge in [-0.15, -0.1) is 11.3 Å². The van der Waals surface area contributed by atoms with Crippen molar-refractivity contribution in [2.24, 2.45) is 5.92 Å². The summed E-state index contributed by atoms with van der Waals surface area (Å²) >= 11 is 1.74. The van der Waals surface area contributed by atoms with E-state index in [0.29, 0.717) is 0 Å². The molecule has 0 aliphatic carbocycles. The smallest absolute Gasteiger partial charge is 0.224 e. The van der Waals surface area contributed by atoms with Crippen molar-refractivity contribution >= 4 is 38.8 Å². The molecule has 174 valence electrons. The maximum absolute atomic E-state index is 12.9. The molecule has 2 aliphatic heterocycles. The molecule has 1 unspecified atom stereocenters. The summed E-state index contributed by atoms with van der Waals surface area (Å²) in [6.45, 7) is 7.84. The second-order valence-electron chi connectivity index (χ2n) is 9.06. The van der Waals surface area contributed by atoms with Gasteiger partial charge in [-0.2, -0.15) is 0 Å². The quantitative estimate of drug-likeness (QED) is 0.540. The topological polar surface area (TPSA) is 51.7 Å². The molecule has 2 aliphatic rings. The highest BCUT2D eigenvalue weighted by atomic mass is 32.1. The predicted molar refractivity (Wildman–Crippen MR) is 137 cm³/mol. The molecule has 4 heterocycles. The third-order valence-corrected chi connectivity index (χ3v) is 7.78. The van der Waals surface area contributed by atoms with Gasteiger partial charge in [0, 0.05) is 67.8 Å². The number of amides is 1. The summed E-state index contributed by atoms with van der Waals surface area (Å²) in [4.78, 5) is 24.8. The van der Waals surface area contributed by atoms with E-state index in [2.05, 4.69) is 72.8 Å². The molecular formula is C26H33N5OS. The Hall–Kier alpha value is -2.64. The number of carbonyl (C=O) groups excluding carboxylic acids is 1. The Labute approximate surface area is 200 Å². The number of para-hydroxylation sites is 1. The van der Waals surface area contributed by atoms with Crippen LogP contribution in [0.15, 0.2) is 54.0 Å². The van der Waals surface area contributed by atoms with Gasteiger partial charge in [-0.3, -0.25) is 9.69 Å². The van der Waals surface area contributed by atoms with Gasteiger partial charge in [0.15, 0.2) is 0 Å². The molecule has 2 fully saturated rings. The van der Waals surface area contributed by atoms with Crippen molar-refractivity contribution in [3.8, 4) is 0 Å². The van der Waals surface area contributed by atoms with Gasteiger partial charge in [0.1, 0.15) is 5.82 Å². The molecule has 0 bridgehead atoms. The molecule has 0 saturated carbocycles. The summed E-state index contributed by atoms with van der Waals surface area (Å²) in [5.41, 5.74) is 1.32. The van der Waals surface area contributed by atoms with Gasteiger partial charge in [0.05, 0.1) is 5.92 Å². The van der Waals surface area contributed by atoms with Crippen LogP contribution in [0.5, 0.6) is 0 Å². The SMILES string of the molecule is O=C(NCCCN1CCN(c2ccccc2)CC1)C1CCCN(c2nccc3sccc23)C1. The number of anilines is 2. The van der Waals surface area contributed by atoms with Gasteiger partial charge < -0.3 is 15.1 Å². The molecule has 1 atom stereocenters. The Kier molecular flexibility index (Phi) is 7.07. The number of carbonyl (C=O) groups is 1. The fraction of sp³-hybridized carbons (Fsp3) is 0.462. The molecule has 7 heteroatoms. The standard InChI is InChI=1S/C26H33N5OS/c32-26(21-6-4-14-31(20-21)25-23-10-19-33-24(23)9-12-27-25)28-11-5-13-29-15-17-30(18-16-29)22-7-2-1-3-8-22/h1-3,7-10,12,19,21H,4-6,11,13-18,20H2,(H,28,32). The van der Waals surface area contributed by atoms with Crippen molar-refractivity contribution in [1.82, 2.24) is 15.2 Å². The monoisotopic (exact) mass is 463 g/mol. The lowest BCUT2D eigenvalue weighted by Gasteiger charge is -2.36. The molecule has 1 amide bonds. The average Bonchev–Trinajstić information content (AvgIpc) is 3.37. The Morgan fingerprint density at radius 2 is 1.88 bits per heavy atom. The first-order chi connectivity index (χ1) is 16.3. The van der Waals surface area contributed by atoms with Crippen molar-refractivity contribution in [3.05, 3.63) is 54.0 Å². The number of nitrogens with one attached hydrogen (secondary N) is 1. The van der Waals surface area contributed by atoms with Crippen LogP contribution < -0.4 is 15.1 Å². The van der Waals surface area contributed by atoms with E-state index in [-0.39, 0.29) is 11.8 Å². The van der Waals surface area contributed by atoms with Crippen LogP contribution in [0.25, 0.3) is 10.1 Å². The number of hydrogen-bond acceptors (Lipinski definition) is 6. The number of benzene rings is 1. The van der Waals surface area contributed by atoms with Crippen LogP contribution in [-0.2, 0) is 4.79 Å². The number of thiophene rings is 1. The van der Waals surface area contributed by atoms with E-state index in [1.807, 2.05) is 6.20 Å². The summed E-state index contributed by atoms with van der Waals surface area (Å²) in [6, 6.07) is 14.9. The molecule has 33 heavy (non-hydrogen) atoms. The Balaban J connectivity index is 1.04. The highest BCUT2D eigenvalue weighted by Gasteiger charge is 2.27. The van der Waals surface area contributed by atoms with Crippen LogP contribution in [0, 0.1) is 5.92 Å². The average molecular weight is 464 g/mol. The zero-order valence-corrected chi connectivity index (χ0v) is 20.0. The molecule has 1 aromatic carbocycles. The highest BCUT2D eigenvalue weighted by Crippen LogP contribution is 2.31. The maximum atomic E-state index is 12.9. The predicted octanol–water partition coefficient (Wildman–Crippen LogP) is 3.84. The van der Waals surface area contributed by atoms with E-state index >= 15 is 0 Å². The molecule has 5 rings (SSSR count). The van der Waals surface area contributed by atoms with E-state index in [9.17, 15) is 4.79 Å². The lowest BCUT2D eigenvalue weighted by molar-refractivity contribution is -0.125. The number of hydrogen-bond donors (Lipinski definition) is 1. The van der Waals surface area contributed by atoms with Crippen LogP contribution in [0.2, 0.25) is 0 Å². The number of fused-ring (bicyclic) bond motifs is 1. The van der Waals surface area contributed by atoms with Crippen molar-refractivity contribution < 1.29 is 4.79 Å². The number of piperazine rings is 1. The molecule has 1 N–H and O–H groups in total. The van der Waals surface area contributed by atoms with Crippen molar-refractivity contribution in [1.29, 1.82) is 0 Å². The zero-order chi connectivity index (χ0) is 22.5. The van der Waals surface area contributed by atoms with Gasteiger partial charge in [-0.1, -0.05) is 18.2 Å². The van der Waals surface area contributed by atoms with Gasteiger partial charge in [0.2, 0.25) is 5.91 Å². The van der Waals surface area contributed by atoms with Crippen LogP contribution in [-0.4, -0.2) is 68.1 Å². The molecule has 0 radical (unpaired) electrons. The molecule has 2 saturated heterocycles. The number of nitrogens with zero attached hydrogens (tertiary/aromatic N) is 4. The molecule has 3 aromatic rings. The van der Waals surface area contributed by atoms with E-state index in [4.69, 9.17) is 0 Å². The summed E-state index contributed by atoms with van der Waals surface area (Å²) in [5, 5.41) is 6.53. The third-order valence-electron chi connectivity index (χ3n) is 6.89. The van der Waals surface area contributed by atoms with Crippen LogP contribution in [0.1, 0.15) is 19.3 Å². The maximum Gasteiger partial charge on any atom is 0.224 e. The minimum absolute atomic E-state index is 0.0452. The Morgan fingerprint density at radius 1 is 1.03 bits per heavy atom. The number of piperidine rings is 1. The van der Waals surface area contributed by atoms with Crippen molar-refractivity contribution in [2.45, 2.75) is 19.3 Å². The molecule has 6 nitrogen and oxygen atoms in total. The summed E-state index contributed by atoms with van der Waals surface area (Å²) in [5.74, 6) is 1.27. The molecule has 2 aromatic heterocycles. The summed E-state index contributed by atoms with van der Waals surface area (Å²) < 4.78 is 1.26.